The highest BCUT2D eigenvalue weighted by Gasteiger charge is 2.32. The van der Waals surface area contributed by atoms with E-state index >= 15 is 0 Å². The second-order valence-electron chi connectivity index (χ2n) is 12.2. The molecule has 264 valence electrons. The highest BCUT2D eigenvalue weighted by Crippen LogP contribution is 2.32. The van der Waals surface area contributed by atoms with Crippen LogP contribution in [-0.2, 0) is 23.9 Å². The van der Waals surface area contributed by atoms with Gasteiger partial charge in [0.05, 0.1) is 22.6 Å². The van der Waals surface area contributed by atoms with E-state index in [1.54, 1.807) is 18.7 Å². The Labute approximate surface area is 283 Å². The minimum Gasteiger partial charge on any atom is -0.504 e. The van der Waals surface area contributed by atoms with E-state index in [-0.39, 0.29) is 61.2 Å². The van der Waals surface area contributed by atoms with Gasteiger partial charge >= 0.3 is 6.18 Å². The number of piperazine rings is 1. The Morgan fingerprint density at radius 3 is 2.52 bits per heavy atom. The predicted octanol–water partition coefficient (Wildman–Crippen LogP) is 4.36. The van der Waals surface area contributed by atoms with Gasteiger partial charge in [-0.15, -0.1) is 5.10 Å². The molecule has 0 saturated carbocycles. The summed E-state index contributed by atoms with van der Waals surface area (Å²) in [6.07, 6.45) is 3.27. The van der Waals surface area contributed by atoms with Crippen molar-refractivity contribution in [2.45, 2.75) is 65.1 Å². The number of fused-ring (bicyclic) bond motifs is 1. The monoisotopic (exact) mass is 697 g/mol. The molecule has 0 unspecified atom stereocenters. The van der Waals surface area contributed by atoms with E-state index < -0.39 is 47.2 Å². The summed E-state index contributed by atoms with van der Waals surface area (Å²) in [6, 6.07) is 1.83. The van der Waals surface area contributed by atoms with Gasteiger partial charge in [-0.3, -0.25) is 14.4 Å². The first-order valence-electron chi connectivity index (χ1n) is 16.3. The lowest BCUT2D eigenvalue weighted by Gasteiger charge is -2.36. The lowest BCUT2D eigenvalue weighted by atomic mass is 10.1. The van der Waals surface area contributed by atoms with E-state index in [4.69, 9.17) is 4.98 Å². The number of benzene rings is 1. The lowest BCUT2D eigenvalue weighted by Crippen LogP contribution is -2.51. The SMILES string of the molecule is CCc1c(N2CCN(C(=O)c3ncnc(C)c3O)CC2)c(=O)n2nc(C3=CCCCCC3)nc2n1CC(=O)Nc1ccc(C(F)(F)F)cc1F. The Morgan fingerprint density at radius 2 is 1.82 bits per heavy atom. The Bertz CT molecular complexity index is 2050. The smallest absolute Gasteiger partial charge is 0.416 e. The molecule has 1 saturated heterocycles. The topological polar surface area (TPSA) is 151 Å². The number of amides is 2. The molecule has 1 aliphatic heterocycles. The molecule has 50 heavy (non-hydrogen) atoms. The normalized spacial score (nSPS) is 15.6. The molecule has 0 atom stereocenters. The first-order chi connectivity index (χ1) is 23.9. The summed E-state index contributed by atoms with van der Waals surface area (Å²) in [5, 5.41) is 17.3. The zero-order valence-corrected chi connectivity index (χ0v) is 27.4. The number of carbonyl (C=O) groups excluding carboxylic acids is 2. The third kappa shape index (κ3) is 6.76. The summed E-state index contributed by atoms with van der Waals surface area (Å²) in [6.45, 7) is 3.71. The summed E-state index contributed by atoms with van der Waals surface area (Å²) < 4.78 is 56.6. The number of nitrogens with zero attached hydrogens (tertiary/aromatic N) is 8. The number of aryl methyl sites for hydroxylation is 1. The second kappa shape index (κ2) is 13.9. The van der Waals surface area contributed by atoms with Gasteiger partial charge in [0.2, 0.25) is 11.7 Å². The van der Waals surface area contributed by atoms with Crippen molar-refractivity contribution < 1.29 is 32.3 Å². The molecule has 17 heteroatoms. The Balaban J connectivity index is 1.35. The molecule has 6 rings (SSSR count). The van der Waals surface area contributed by atoms with Gasteiger partial charge in [-0.05, 0) is 62.8 Å². The first-order valence-corrected chi connectivity index (χ1v) is 16.3. The van der Waals surface area contributed by atoms with E-state index in [1.165, 1.54) is 15.8 Å². The third-order valence-electron chi connectivity index (χ3n) is 8.95. The van der Waals surface area contributed by atoms with Gasteiger partial charge in [0.1, 0.15) is 24.4 Å². The summed E-state index contributed by atoms with van der Waals surface area (Å²) in [7, 11) is 0. The molecule has 0 spiro atoms. The van der Waals surface area contributed by atoms with Gasteiger partial charge in [0.25, 0.3) is 11.5 Å². The fourth-order valence-electron chi connectivity index (χ4n) is 6.32. The lowest BCUT2D eigenvalue weighted by molar-refractivity contribution is -0.137. The van der Waals surface area contributed by atoms with Gasteiger partial charge in [0, 0.05) is 26.2 Å². The van der Waals surface area contributed by atoms with E-state index in [0.717, 1.165) is 41.8 Å². The van der Waals surface area contributed by atoms with Gasteiger partial charge in [-0.2, -0.15) is 22.7 Å². The molecule has 0 radical (unpaired) electrons. The van der Waals surface area contributed by atoms with Gasteiger partial charge in [0.15, 0.2) is 17.3 Å². The fourth-order valence-corrected chi connectivity index (χ4v) is 6.32. The Kier molecular flexibility index (Phi) is 9.58. The van der Waals surface area contributed by atoms with E-state index in [1.807, 2.05) is 6.08 Å². The van der Waals surface area contributed by atoms with Crippen LogP contribution in [0.4, 0.5) is 28.9 Å². The van der Waals surface area contributed by atoms with Crippen LogP contribution >= 0.6 is 0 Å². The standard InChI is InChI=1S/C33H35F4N9O4/c1-3-24-27(43-12-14-44(15-13-43)30(49)26-28(48)19(2)38-18-39-26)31(50)46-32(41-29(42-46)20-8-6-4-5-7-9-20)45(24)17-25(47)40-23-11-10-21(16-22(23)34)33(35,36)37/h8,10-11,16,18,48H,3-7,9,12-15,17H2,1-2H3,(H,40,47). The maximum absolute atomic E-state index is 14.7. The molecular formula is C33H35F4N9O4. The molecular weight excluding hydrogens is 662 g/mol. The van der Waals surface area contributed by atoms with Gasteiger partial charge < -0.3 is 24.8 Å². The molecule has 4 heterocycles. The van der Waals surface area contributed by atoms with Crippen LogP contribution in [0, 0.1) is 12.7 Å². The van der Waals surface area contributed by atoms with Gasteiger partial charge in [-0.1, -0.05) is 19.4 Å². The van der Waals surface area contributed by atoms with Crippen LogP contribution < -0.4 is 15.8 Å². The molecule has 1 aliphatic carbocycles. The molecule has 0 bridgehead atoms. The zero-order chi connectivity index (χ0) is 35.7. The number of hydrogen-bond acceptors (Lipinski definition) is 9. The highest BCUT2D eigenvalue weighted by atomic mass is 19.4. The number of aromatic hydroxyl groups is 1. The number of aromatic nitrogens is 6. The average molecular weight is 698 g/mol. The van der Waals surface area contributed by atoms with Crippen molar-refractivity contribution in [3.63, 3.8) is 0 Å². The molecule has 1 aromatic carbocycles. The maximum atomic E-state index is 14.7. The number of nitrogens with one attached hydrogen (secondary N) is 1. The molecule has 13 nitrogen and oxygen atoms in total. The molecule has 3 aromatic heterocycles. The largest absolute Gasteiger partial charge is 0.504 e. The second-order valence-corrected chi connectivity index (χ2v) is 12.2. The number of allylic oxidation sites excluding steroid dienone is 2. The van der Waals surface area contributed by atoms with Crippen LogP contribution in [0.25, 0.3) is 11.4 Å². The summed E-state index contributed by atoms with van der Waals surface area (Å²) in [5.74, 6) is -2.37. The molecule has 4 aromatic rings. The van der Waals surface area contributed by atoms with Crippen molar-refractivity contribution in [3.8, 4) is 5.75 Å². The van der Waals surface area contributed by atoms with E-state index in [0.29, 0.717) is 30.1 Å². The van der Waals surface area contributed by atoms with Crippen molar-refractivity contribution in [3.05, 3.63) is 75.2 Å². The van der Waals surface area contributed by atoms with Crippen molar-refractivity contribution in [2.75, 3.05) is 36.4 Å². The Hall–Kier alpha value is -5.35. The number of anilines is 2. The van der Waals surface area contributed by atoms with Crippen molar-refractivity contribution in [1.82, 2.24) is 34.0 Å². The first kappa shape index (κ1) is 34.5. The van der Waals surface area contributed by atoms with E-state index in [2.05, 4.69) is 20.4 Å². The summed E-state index contributed by atoms with van der Waals surface area (Å²) in [4.78, 5) is 56.7. The molecule has 1 fully saturated rings. The molecule has 2 aliphatic rings. The van der Waals surface area contributed by atoms with Crippen LogP contribution in [0.15, 0.2) is 35.4 Å². The number of carbonyl (C=O) groups is 2. The van der Waals surface area contributed by atoms with Crippen LogP contribution in [0.5, 0.6) is 5.75 Å². The van der Waals surface area contributed by atoms with Gasteiger partial charge in [-0.25, -0.2) is 14.4 Å². The van der Waals surface area contributed by atoms with Crippen molar-refractivity contribution in [1.29, 1.82) is 0 Å². The quantitative estimate of drug-likeness (QED) is 0.269. The minimum atomic E-state index is -4.76. The Morgan fingerprint density at radius 1 is 1.06 bits per heavy atom. The number of hydrogen-bond donors (Lipinski definition) is 2. The number of halogens is 4. The fraction of sp³-hybridized carbons (Fsp3) is 0.424. The summed E-state index contributed by atoms with van der Waals surface area (Å²) in [5.41, 5.74) is -0.404. The minimum absolute atomic E-state index is 0.0854. The third-order valence-corrected chi connectivity index (χ3v) is 8.95. The van der Waals surface area contributed by atoms with Crippen LogP contribution in [0.3, 0.4) is 0 Å². The van der Waals surface area contributed by atoms with E-state index in [9.17, 15) is 37.1 Å². The maximum Gasteiger partial charge on any atom is 0.416 e. The van der Waals surface area contributed by atoms with Crippen LogP contribution in [-0.4, -0.2) is 77.1 Å². The van der Waals surface area contributed by atoms with Crippen LogP contribution in [0.1, 0.15) is 72.3 Å². The highest BCUT2D eigenvalue weighted by molar-refractivity contribution is 5.95. The summed E-state index contributed by atoms with van der Waals surface area (Å²) >= 11 is 0. The molecule has 2 amide bonds. The number of alkyl halides is 3. The average Bonchev–Trinajstić information content (AvgIpc) is 3.36. The zero-order valence-electron chi connectivity index (χ0n) is 27.4. The van der Waals surface area contributed by atoms with Crippen LogP contribution in [0.2, 0.25) is 0 Å². The van der Waals surface area contributed by atoms with Crippen molar-refractivity contribution in [2.24, 2.45) is 0 Å². The molecule has 2 N–H and O–H groups in total. The predicted molar refractivity (Wildman–Crippen MR) is 174 cm³/mol. The van der Waals surface area contributed by atoms with Crippen molar-refractivity contribution >= 4 is 34.5 Å². The number of rotatable bonds is 7.